The third-order valence-corrected chi connectivity index (χ3v) is 7.11. The second-order valence-electron chi connectivity index (χ2n) is 5.78. The molecule has 0 radical (unpaired) electrons. The summed E-state index contributed by atoms with van der Waals surface area (Å²) in [4.78, 5) is 12.2. The number of amides is 1. The summed E-state index contributed by atoms with van der Waals surface area (Å²) in [6.45, 7) is 1.48. The Kier molecular flexibility index (Phi) is 6.79. The third-order valence-electron chi connectivity index (χ3n) is 3.79. The molecule has 0 aliphatic carbocycles. The van der Waals surface area contributed by atoms with Crippen LogP contribution < -0.4 is 4.72 Å². The van der Waals surface area contributed by atoms with E-state index in [1.54, 1.807) is 0 Å². The Morgan fingerprint density at radius 3 is 2.07 bits per heavy atom. The Bertz CT molecular complexity index is 1270. The molecule has 0 bridgehead atoms. The van der Waals surface area contributed by atoms with E-state index in [4.69, 9.17) is 69.6 Å². The van der Waals surface area contributed by atoms with Gasteiger partial charge in [0.1, 0.15) is 10.6 Å². The SMILES string of the molecule is Cc1c(C(=O)NS(=O)(=O)c2cc(Cl)c(Cl)cc2Cl)nnn1-c1c(Cl)cc(Cl)cc1Cl. The molecule has 3 rings (SSSR count). The molecule has 0 saturated carbocycles. The van der Waals surface area contributed by atoms with E-state index in [1.165, 1.54) is 23.7 Å². The van der Waals surface area contributed by atoms with Gasteiger partial charge in [0.15, 0.2) is 5.69 Å². The first-order valence-corrected chi connectivity index (χ1v) is 11.5. The van der Waals surface area contributed by atoms with Crippen LogP contribution in [0, 0.1) is 6.92 Å². The monoisotopic (exact) mass is 546 g/mol. The van der Waals surface area contributed by atoms with Crippen LogP contribution in [0.5, 0.6) is 0 Å². The van der Waals surface area contributed by atoms with Crippen LogP contribution in [0.3, 0.4) is 0 Å². The summed E-state index contributed by atoms with van der Waals surface area (Å²) in [5, 5.41) is 7.97. The van der Waals surface area contributed by atoms with E-state index in [1.807, 2.05) is 4.72 Å². The third kappa shape index (κ3) is 4.50. The van der Waals surface area contributed by atoms with Crippen LogP contribution in [0.25, 0.3) is 5.69 Å². The minimum Gasteiger partial charge on any atom is -0.266 e. The number of hydrogen-bond acceptors (Lipinski definition) is 5. The van der Waals surface area contributed by atoms with Crippen LogP contribution >= 0.6 is 69.6 Å². The maximum Gasteiger partial charge on any atom is 0.287 e. The molecule has 0 saturated heterocycles. The summed E-state index contributed by atoms with van der Waals surface area (Å²) in [6, 6.07) is 5.04. The number of halogens is 6. The lowest BCUT2D eigenvalue weighted by atomic mass is 10.3. The first-order valence-electron chi connectivity index (χ1n) is 7.71. The molecular weight excluding hydrogens is 541 g/mol. The van der Waals surface area contributed by atoms with Gasteiger partial charge in [0, 0.05) is 5.02 Å². The van der Waals surface area contributed by atoms with Crippen molar-refractivity contribution in [2.24, 2.45) is 0 Å². The topological polar surface area (TPSA) is 93.9 Å². The van der Waals surface area contributed by atoms with Crippen molar-refractivity contribution in [3.8, 4) is 5.69 Å². The molecule has 0 aliphatic heterocycles. The number of sulfonamides is 1. The predicted octanol–water partition coefficient (Wildman–Crippen LogP) is 5.61. The van der Waals surface area contributed by atoms with E-state index in [9.17, 15) is 13.2 Å². The van der Waals surface area contributed by atoms with Crippen molar-refractivity contribution in [3.05, 3.63) is 65.8 Å². The fraction of sp³-hybridized carbons (Fsp3) is 0.0625. The fourth-order valence-electron chi connectivity index (χ4n) is 2.42. The van der Waals surface area contributed by atoms with Crippen LogP contribution in [0.1, 0.15) is 16.2 Å². The molecule has 7 nitrogen and oxygen atoms in total. The quantitative estimate of drug-likeness (QED) is 0.427. The lowest BCUT2D eigenvalue weighted by Crippen LogP contribution is -2.31. The number of aromatic nitrogens is 3. The first kappa shape index (κ1) is 23.4. The van der Waals surface area contributed by atoms with Gasteiger partial charge in [-0.25, -0.2) is 17.8 Å². The zero-order chi connectivity index (χ0) is 22.4. The van der Waals surface area contributed by atoms with Gasteiger partial charge in [-0.15, -0.1) is 5.10 Å². The highest BCUT2D eigenvalue weighted by Gasteiger charge is 2.27. The van der Waals surface area contributed by atoms with Crippen molar-refractivity contribution in [1.82, 2.24) is 19.7 Å². The Labute approximate surface area is 200 Å². The van der Waals surface area contributed by atoms with Gasteiger partial charge < -0.3 is 0 Å². The van der Waals surface area contributed by atoms with E-state index >= 15 is 0 Å². The lowest BCUT2D eigenvalue weighted by molar-refractivity contribution is 0.0976. The fourth-order valence-corrected chi connectivity index (χ4v) is 5.36. The summed E-state index contributed by atoms with van der Waals surface area (Å²) < 4.78 is 28.3. The number of carbonyl (C=O) groups excluding carboxylic acids is 1. The highest BCUT2D eigenvalue weighted by Crippen LogP contribution is 2.33. The molecule has 0 atom stereocenters. The van der Waals surface area contributed by atoms with Crippen molar-refractivity contribution in [3.63, 3.8) is 0 Å². The lowest BCUT2D eigenvalue weighted by Gasteiger charge is -2.10. The van der Waals surface area contributed by atoms with Crippen LogP contribution in [0.4, 0.5) is 0 Å². The molecule has 158 valence electrons. The molecular formula is C16H8Cl6N4O3S. The van der Waals surface area contributed by atoms with E-state index < -0.39 is 20.8 Å². The minimum absolute atomic E-state index is 0.0527. The number of rotatable bonds is 4. The molecule has 0 unspecified atom stereocenters. The van der Waals surface area contributed by atoms with Gasteiger partial charge in [-0.05, 0) is 31.2 Å². The Balaban J connectivity index is 1.97. The van der Waals surface area contributed by atoms with Crippen molar-refractivity contribution < 1.29 is 13.2 Å². The molecule has 14 heteroatoms. The van der Waals surface area contributed by atoms with E-state index in [-0.39, 0.29) is 42.2 Å². The Morgan fingerprint density at radius 1 is 0.900 bits per heavy atom. The highest BCUT2D eigenvalue weighted by molar-refractivity contribution is 7.90. The number of nitrogens with zero attached hydrogens (tertiary/aromatic N) is 3. The van der Waals surface area contributed by atoms with Gasteiger partial charge in [0.25, 0.3) is 15.9 Å². The normalized spacial score (nSPS) is 11.6. The van der Waals surface area contributed by atoms with Crippen molar-refractivity contribution in [2.45, 2.75) is 11.8 Å². The molecule has 0 fully saturated rings. The standard InChI is InChI=1S/C16H8Cl6N4O3S/c1-6-14(23-25-26(6)15-11(21)2-7(17)3-12(15)22)16(27)24-30(28,29)13-5-9(19)8(18)4-10(13)20/h2-5H,1H3,(H,24,27). The second kappa shape index (κ2) is 8.70. The molecule has 1 aromatic heterocycles. The zero-order valence-electron chi connectivity index (χ0n) is 14.6. The number of nitrogens with one attached hydrogen (secondary N) is 1. The zero-order valence-corrected chi connectivity index (χ0v) is 19.9. The van der Waals surface area contributed by atoms with Crippen molar-refractivity contribution in [1.29, 1.82) is 0 Å². The number of hydrogen-bond donors (Lipinski definition) is 1. The van der Waals surface area contributed by atoms with Crippen molar-refractivity contribution in [2.75, 3.05) is 0 Å². The molecule has 3 aromatic rings. The van der Waals surface area contributed by atoms with Gasteiger partial charge in [0.2, 0.25) is 0 Å². The van der Waals surface area contributed by atoms with E-state index in [2.05, 4.69) is 10.3 Å². The van der Waals surface area contributed by atoms with Crippen LogP contribution in [0.15, 0.2) is 29.2 Å². The van der Waals surface area contributed by atoms with Gasteiger partial charge >= 0.3 is 0 Å². The maximum atomic E-state index is 12.6. The number of carbonyl (C=O) groups is 1. The molecule has 0 spiro atoms. The maximum absolute atomic E-state index is 12.6. The highest BCUT2D eigenvalue weighted by atomic mass is 35.5. The Morgan fingerprint density at radius 2 is 1.47 bits per heavy atom. The first-order chi connectivity index (χ1) is 13.9. The van der Waals surface area contributed by atoms with Gasteiger partial charge in [-0.1, -0.05) is 74.8 Å². The second-order valence-corrected chi connectivity index (χ2v) is 9.91. The molecule has 0 aliphatic rings. The van der Waals surface area contributed by atoms with Gasteiger partial charge in [-0.2, -0.15) is 0 Å². The number of benzene rings is 2. The van der Waals surface area contributed by atoms with Gasteiger partial charge in [0.05, 0.1) is 30.8 Å². The predicted molar refractivity (Wildman–Crippen MR) is 117 cm³/mol. The van der Waals surface area contributed by atoms with E-state index in [0.717, 1.165) is 12.1 Å². The van der Waals surface area contributed by atoms with Crippen molar-refractivity contribution >= 4 is 85.5 Å². The molecule has 1 N–H and O–H groups in total. The van der Waals surface area contributed by atoms with Crippen LogP contribution in [-0.2, 0) is 10.0 Å². The summed E-state index contributed by atoms with van der Waals surface area (Å²) in [7, 11) is -4.39. The van der Waals surface area contributed by atoms with E-state index in [0.29, 0.717) is 5.02 Å². The molecule has 2 aromatic carbocycles. The van der Waals surface area contributed by atoms with Crippen LogP contribution in [-0.4, -0.2) is 29.3 Å². The smallest absolute Gasteiger partial charge is 0.266 e. The minimum atomic E-state index is -4.39. The largest absolute Gasteiger partial charge is 0.287 e. The Hall–Kier alpha value is -1.26. The molecule has 1 amide bonds. The summed E-state index contributed by atoms with van der Waals surface area (Å²) in [5.41, 5.74) is 0.119. The van der Waals surface area contributed by atoms with Crippen LogP contribution in [0.2, 0.25) is 30.1 Å². The average molecular weight is 549 g/mol. The summed E-state index contributed by atoms with van der Waals surface area (Å²) in [5.74, 6) is -1.05. The average Bonchev–Trinajstić information content (AvgIpc) is 2.98. The molecule has 30 heavy (non-hydrogen) atoms. The summed E-state index contributed by atoms with van der Waals surface area (Å²) >= 11 is 35.8. The summed E-state index contributed by atoms with van der Waals surface area (Å²) in [6.07, 6.45) is 0. The van der Waals surface area contributed by atoms with Gasteiger partial charge in [-0.3, -0.25) is 4.79 Å². The molecule has 1 heterocycles.